The third kappa shape index (κ3) is 5.49. The summed E-state index contributed by atoms with van der Waals surface area (Å²) in [5.74, 6) is -1.59. The van der Waals surface area contributed by atoms with Gasteiger partial charge in [-0.3, -0.25) is 9.59 Å². The van der Waals surface area contributed by atoms with Crippen molar-refractivity contribution in [3.63, 3.8) is 0 Å². The number of carbonyl (C=O) groups is 2. The number of hydrogen-bond donors (Lipinski definition) is 2. The second-order valence-electron chi connectivity index (χ2n) is 5.97. The highest BCUT2D eigenvalue weighted by Gasteiger charge is 2.34. The molecular formula is C16H21BrFNO4. The van der Waals surface area contributed by atoms with Crippen LogP contribution in [-0.4, -0.2) is 28.6 Å². The molecular weight excluding hydrogens is 369 g/mol. The maximum Gasteiger partial charge on any atom is 0.305 e. The van der Waals surface area contributed by atoms with Crippen LogP contribution in [0.3, 0.4) is 0 Å². The van der Waals surface area contributed by atoms with Crippen molar-refractivity contribution >= 4 is 27.8 Å². The standard InChI is InChI=1S/C16H21BrFNO4/c1-9(2)16(4,8-14(20)21)19-15(22)10(3)23-13-6-5-11(18)7-12(13)17/h5-7,9-10H,8H2,1-4H3,(H,19,22)(H,20,21). The minimum Gasteiger partial charge on any atom is -0.481 e. The van der Waals surface area contributed by atoms with Crippen molar-refractivity contribution in [1.29, 1.82) is 0 Å². The maximum atomic E-state index is 13.1. The number of carboxylic acids is 1. The van der Waals surface area contributed by atoms with Crippen molar-refractivity contribution in [3.05, 3.63) is 28.5 Å². The summed E-state index contributed by atoms with van der Waals surface area (Å²) in [6, 6.07) is 3.89. The molecule has 0 aliphatic heterocycles. The fraction of sp³-hybridized carbons (Fsp3) is 0.500. The molecule has 23 heavy (non-hydrogen) atoms. The number of carboxylic acid groups (broad SMARTS) is 1. The fourth-order valence-electron chi connectivity index (χ4n) is 1.90. The summed E-state index contributed by atoms with van der Waals surface area (Å²) >= 11 is 3.17. The quantitative estimate of drug-likeness (QED) is 0.749. The van der Waals surface area contributed by atoms with Crippen molar-refractivity contribution < 1.29 is 23.8 Å². The molecule has 0 heterocycles. The highest BCUT2D eigenvalue weighted by Crippen LogP contribution is 2.27. The third-order valence-electron chi connectivity index (χ3n) is 3.77. The van der Waals surface area contributed by atoms with Gasteiger partial charge in [0, 0.05) is 0 Å². The highest BCUT2D eigenvalue weighted by atomic mass is 79.9. The zero-order valence-corrected chi connectivity index (χ0v) is 15.1. The first-order valence-corrected chi connectivity index (χ1v) is 8.00. The summed E-state index contributed by atoms with van der Waals surface area (Å²) in [7, 11) is 0. The minimum absolute atomic E-state index is 0.0766. The second-order valence-corrected chi connectivity index (χ2v) is 6.82. The molecule has 0 saturated carbocycles. The molecule has 0 aromatic heterocycles. The molecule has 2 N–H and O–H groups in total. The highest BCUT2D eigenvalue weighted by molar-refractivity contribution is 9.10. The first-order chi connectivity index (χ1) is 10.5. The van der Waals surface area contributed by atoms with Crippen LogP contribution >= 0.6 is 15.9 Å². The van der Waals surface area contributed by atoms with E-state index in [1.54, 1.807) is 13.8 Å². The lowest BCUT2D eigenvalue weighted by Gasteiger charge is -2.34. The number of hydrogen-bond acceptors (Lipinski definition) is 3. The summed E-state index contributed by atoms with van der Waals surface area (Å²) < 4.78 is 19.0. The van der Waals surface area contributed by atoms with Gasteiger partial charge in [-0.15, -0.1) is 0 Å². The van der Waals surface area contributed by atoms with Crippen LogP contribution in [0.25, 0.3) is 0 Å². The molecule has 0 radical (unpaired) electrons. The minimum atomic E-state index is -0.989. The van der Waals surface area contributed by atoms with Gasteiger partial charge >= 0.3 is 5.97 Å². The van der Waals surface area contributed by atoms with Gasteiger partial charge < -0.3 is 15.2 Å². The normalized spacial score (nSPS) is 14.9. The number of aliphatic carboxylic acids is 1. The van der Waals surface area contributed by atoms with E-state index in [-0.39, 0.29) is 12.3 Å². The average molecular weight is 390 g/mol. The SMILES string of the molecule is CC(Oc1ccc(F)cc1Br)C(=O)NC(C)(CC(=O)O)C(C)C. The summed E-state index contributed by atoms with van der Waals surface area (Å²) in [4.78, 5) is 23.3. The lowest BCUT2D eigenvalue weighted by molar-refractivity contribution is -0.140. The molecule has 0 aliphatic carbocycles. The first-order valence-electron chi connectivity index (χ1n) is 7.20. The number of ether oxygens (including phenoxy) is 1. The van der Waals surface area contributed by atoms with Crippen molar-refractivity contribution in [2.24, 2.45) is 5.92 Å². The Morgan fingerprint density at radius 3 is 2.48 bits per heavy atom. The monoisotopic (exact) mass is 389 g/mol. The van der Waals surface area contributed by atoms with Gasteiger partial charge in [0.2, 0.25) is 0 Å². The predicted octanol–water partition coefficient (Wildman–Crippen LogP) is 3.36. The van der Waals surface area contributed by atoms with E-state index in [9.17, 15) is 14.0 Å². The van der Waals surface area contributed by atoms with Crippen LogP contribution in [0.5, 0.6) is 5.75 Å². The van der Waals surface area contributed by atoms with E-state index in [2.05, 4.69) is 21.2 Å². The summed E-state index contributed by atoms with van der Waals surface area (Å²) in [5.41, 5.74) is -0.888. The van der Waals surface area contributed by atoms with Gasteiger partial charge in [-0.1, -0.05) is 13.8 Å². The Bertz CT molecular complexity index is 593. The van der Waals surface area contributed by atoms with Crippen LogP contribution in [0.1, 0.15) is 34.1 Å². The molecule has 0 aliphatic rings. The third-order valence-corrected chi connectivity index (χ3v) is 4.39. The molecule has 1 aromatic rings. The van der Waals surface area contributed by atoms with Crippen molar-refractivity contribution in [1.82, 2.24) is 5.32 Å². The van der Waals surface area contributed by atoms with E-state index < -0.39 is 29.3 Å². The molecule has 1 amide bonds. The summed E-state index contributed by atoms with van der Waals surface area (Å²) in [5, 5.41) is 11.8. The Labute approximate surface area is 143 Å². The summed E-state index contributed by atoms with van der Waals surface area (Å²) in [6.45, 7) is 6.91. The Balaban J connectivity index is 2.81. The van der Waals surface area contributed by atoms with Gasteiger partial charge in [-0.05, 0) is 53.9 Å². The van der Waals surface area contributed by atoms with Gasteiger partial charge in [0.15, 0.2) is 6.10 Å². The molecule has 1 rings (SSSR count). The lowest BCUT2D eigenvalue weighted by atomic mass is 9.85. The van der Waals surface area contributed by atoms with E-state index in [1.165, 1.54) is 18.2 Å². The fourth-order valence-corrected chi connectivity index (χ4v) is 2.35. The smallest absolute Gasteiger partial charge is 0.305 e. The number of nitrogens with one attached hydrogen (secondary N) is 1. The zero-order chi connectivity index (χ0) is 17.8. The summed E-state index contributed by atoms with van der Waals surface area (Å²) in [6.07, 6.45) is -1.05. The second kappa shape index (κ2) is 7.77. The zero-order valence-electron chi connectivity index (χ0n) is 13.5. The predicted molar refractivity (Wildman–Crippen MR) is 87.8 cm³/mol. The van der Waals surface area contributed by atoms with Crippen LogP contribution in [0.15, 0.2) is 22.7 Å². The van der Waals surface area contributed by atoms with Crippen LogP contribution < -0.4 is 10.1 Å². The largest absolute Gasteiger partial charge is 0.481 e. The Morgan fingerprint density at radius 1 is 1.39 bits per heavy atom. The van der Waals surface area contributed by atoms with Crippen LogP contribution in [0, 0.1) is 11.7 Å². The molecule has 5 nitrogen and oxygen atoms in total. The Morgan fingerprint density at radius 2 is 2.00 bits per heavy atom. The van der Waals surface area contributed by atoms with Gasteiger partial charge in [-0.25, -0.2) is 4.39 Å². The van der Waals surface area contributed by atoms with Gasteiger partial charge in [0.1, 0.15) is 11.6 Å². The lowest BCUT2D eigenvalue weighted by Crippen LogP contribution is -2.54. The number of benzene rings is 1. The topological polar surface area (TPSA) is 75.6 Å². The molecule has 0 fully saturated rings. The van der Waals surface area contributed by atoms with Gasteiger partial charge in [0.25, 0.3) is 5.91 Å². The van der Waals surface area contributed by atoms with E-state index in [0.29, 0.717) is 10.2 Å². The molecule has 7 heteroatoms. The molecule has 0 saturated heterocycles. The molecule has 0 spiro atoms. The van der Waals surface area contributed by atoms with Crippen LogP contribution in [-0.2, 0) is 9.59 Å². The number of halogens is 2. The molecule has 1 aromatic carbocycles. The number of amides is 1. The van der Waals surface area contributed by atoms with E-state index in [4.69, 9.17) is 9.84 Å². The molecule has 2 unspecified atom stereocenters. The average Bonchev–Trinajstić information content (AvgIpc) is 2.40. The van der Waals surface area contributed by atoms with Crippen LogP contribution in [0.4, 0.5) is 4.39 Å². The number of rotatable bonds is 7. The maximum absolute atomic E-state index is 13.1. The van der Waals surface area contributed by atoms with Crippen molar-refractivity contribution in [3.8, 4) is 5.75 Å². The Hall–Kier alpha value is -1.63. The van der Waals surface area contributed by atoms with E-state index in [1.807, 2.05) is 13.8 Å². The van der Waals surface area contributed by atoms with Crippen LogP contribution in [0.2, 0.25) is 0 Å². The van der Waals surface area contributed by atoms with Gasteiger partial charge in [0.05, 0.1) is 16.4 Å². The number of carbonyl (C=O) groups excluding carboxylic acids is 1. The van der Waals surface area contributed by atoms with E-state index >= 15 is 0 Å². The van der Waals surface area contributed by atoms with Crippen molar-refractivity contribution in [2.45, 2.75) is 45.8 Å². The van der Waals surface area contributed by atoms with Gasteiger partial charge in [-0.2, -0.15) is 0 Å². The van der Waals surface area contributed by atoms with E-state index in [0.717, 1.165) is 0 Å². The first kappa shape index (κ1) is 19.4. The van der Waals surface area contributed by atoms with Crippen molar-refractivity contribution in [2.75, 3.05) is 0 Å². The Kier molecular flexibility index (Phi) is 6.56. The molecule has 128 valence electrons. The molecule has 2 atom stereocenters. The molecule has 0 bridgehead atoms.